The third-order valence-electron chi connectivity index (χ3n) is 3.27. The van der Waals surface area contributed by atoms with Crippen LogP contribution in [0.1, 0.15) is 6.42 Å². The molecule has 0 radical (unpaired) electrons. The summed E-state index contributed by atoms with van der Waals surface area (Å²) < 4.78 is 1.37. The number of aromatic nitrogens is 3. The van der Waals surface area contributed by atoms with E-state index >= 15 is 0 Å². The summed E-state index contributed by atoms with van der Waals surface area (Å²) in [6.45, 7) is 0.265. The van der Waals surface area contributed by atoms with Gasteiger partial charge in [-0.2, -0.15) is 5.10 Å². The van der Waals surface area contributed by atoms with Crippen molar-refractivity contribution < 1.29 is 9.72 Å². The number of aryl methyl sites for hydroxylation is 1. The number of nitrogens with one attached hydrogen (secondary N) is 1. The van der Waals surface area contributed by atoms with Gasteiger partial charge in [-0.3, -0.25) is 24.6 Å². The van der Waals surface area contributed by atoms with E-state index in [0.717, 1.165) is 17.1 Å². The van der Waals surface area contributed by atoms with Crippen LogP contribution in [0.15, 0.2) is 48.9 Å². The van der Waals surface area contributed by atoms with E-state index in [0.29, 0.717) is 5.69 Å². The molecule has 1 amide bonds. The Morgan fingerprint density at radius 2 is 2.13 bits per heavy atom. The van der Waals surface area contributed by atoms with Gasteiger partial charge in [-0.25, -0.2) is 0 Å². The first-order valence-corrected chi connectivity index (χ1v) is 6.93. The molecule has 1 N–H and O–H groups in total. The fraction of sp³-hybridized carbons (Fsp3) is 0.133. The molecule has 23 heavy (non-hydrogen) atoms. The topological polar surface area (TPSA) is 103 Å². The number of benzene rings is 1. The van der Waals surface area contributed by atoms with Gasteiger partial charge < -0.3 is 5.32 Å². The predicted octanol–water partition coefficient (Wildman–Crippen LogP) is 2.37. The highest BCUT2D eigenvalue weighted by atomic mass is 16.6. The predicted molar refractivity (Wildman–Crippen MR) is 83.9 cm³/mol. The van der Waals surface area contributed by atoms with Gasteiger partial charge in [-0.15, -0.1) is 0 Å². The van der Waals surface area contributed by atoms with Crippen molar-refractivity contribution in [2.75, 3.05) is 5.32 Å². The Balaban J connectivity index is 1.60. The van der Waals surface area contributed by atoms with Gasteiger partial charge in [0.05, 0.1) is 22.3 Å². The Morgan fingerprint density at radius 1 is 1.30 bits per heavy atom. The molecule has 8 heteroatoms. The molecule has 0 spiro atoms. The van der Waals surface area contributed by atoms with Gasteiger partial charge >= 0.3 is 5.69 Å². The van der Waals surface area contributed by atoms with Gasteiger partial charge in [0, 0.05) is 18.4 Å². The smallest absolute Gasteiger partial charge is 0.306 e. The van der Waals surface area contributed by atoms with Crippen LogP contribution in [-0.4, -0.2) is 25.6 Å². The Morgan fingerprint density at radius 3 is 2.91 bits per heavy atom. The Kier molecular flexibility index (Phi) is 3.96. The molecule has 0 bridgehead atoms. The molecule has 0 unspecified atom stereocenters. The monoisotopic (exact) mass is 311 g/mol. The number of hydrogen-bond donors (Lipinski definition) is 1. The lowest BCUT2D eigenvalue weighted by Gasteiger charge is -2.06. The van der Waals surface area contributed by atoms with E-state index in [9.17, 15) is 14.9 Å². The minimum atomic E-state index is -0.523. The van der Waals surface area contributed by atoms with E-state index in [1.54, 1.807) is 6.20 Å². The second-order valence-corrected chi connectivity index (χ2v) is 4.93. The standard InChI is InChI=1S/C15H13N5O3/c21-15(5-6-19-10-13(9-17-19)20(22)23)18-12-7-11-3-1-2-4-14(11)16-8-12/h1-4,7-10H,5-6H2,(H,18,21). The van der Waals surface area contributed by atoms with Gasteiger partial charge in [0.1, 0.15) is 12.4 Å². The molecule has 116 valence electrons. The summed E-state index contributed by atoms with van der Waals surface area (Å²) in [7, 11) is 0. The third-order valence-corrected chi connectivity index (χ3v) is 3.27. The molecule has 0 aliphatic heterocycles. The Hall–Kier alpha value is -3.29. The lowest BCUT2D eigenvalue weighted by molar-refractivity contribution is -0.385. The van der Waals surface area contributed by atoms with Crippen molar-refractivity contribution in [1.29, 1.82) is 0 Å². The average Bonchev–Trinajstić information content (AvgIpc) is 3.02. The lowest BCUT2D eigenvalue weighted by Crippen LogP contribution is -2.14. The maximum absolute atomic E-state index is 11.9. The summed E-state index contributed by atoms with van der Waals surface area (Å²) in [6, 6.07) is 9.46. The van der Waals surface area contributed by atoms with Crippen molar-refractivity contribution in [3.05, 3.63) is 59.0 Å². The first-order valence-electron chi connectivity index (χ1n) is 6.93. The number of rotatable bonds is 5. The van der Waals surface area contributed by atoms with Crippen LogP contribution in [-0.2, 0) is 11.3 Å². The highest BCUT2D eigenvalue weighted by Crippen LogP contribution is 2.16. The zero-order valence-corrected chi connectivity index (χ0v) is 12.0. The molecule has 0 aliphatic carbocycles. The van der Waals surface area contributed by atoms with Crippen LogP contribution in [0.25, 0.3) is 10.9 Å². The number of anilines is 1. The van der Waals surface area contributed by atoms with E-state index in [-0.39, 0.29) is 24.6 Å². The number of carbonyl (C=O) groups is 1. The van der Waals surface area contributed by atoms with Gasteiger partial charge in [-0.05, 0) is 12.1 Å². The van der Waals surface area contributed by atoms with E-state index in [4.69, 9.17) is 0 Å². The second kappa shape index (κ2) is 6.22. The number of nitrogens with zero attached hydrogens (tertiary/aromatic N) is 4. The summed E-state index contributed by atoms with van der Waals surface area (Å²) in [5, 5.41) is 18.1. The SMILES string of the molecule is O=C(CCn1cc([N+](=O)[O-])cn1)Nc1cnc2ccccc2c1. The average molecular weight is 311 g/mol. The summed E-state index contributed by atoms with van der Waals surface area (Å²) in [5.74, 6) is -0.208. The normalized spacial score (nSPS) is 10.6. The quantitative estimate of drug-likeness (QED) is 0.575. The van der Waals surface area contributed by atoms with Crippen molar-refractivity contribution in [2.45, 2.75) is 13.0 Å². The van der Waals surface area contributed by atoms with Crippen molar-refractivity contribution in [3.8, 4) is 0 Å². The molecular weight excluding hydrogens is 298 g/mol. The number of carbonyl (C=O) groups excluding carboxylic acids is 1. The zero-order valence-electron chi connectivity index (χ0n) is 12.0. The molecule has 8 nitrogen and oxygen atoms in total. The number of hydrogen-bond acceptors (Lipinski definition) is 5. The Bertz CT molecular complexity index is 874. The van der Waals surface area contributed by atoms with E-state index in [1.807, 2.05) is 30.3 Å². The van der Waals surface area contributed by atoms with Gasteiger partial charge in [0.25, 0.3) is 0 Å². The summed E-state index contributed by atoms with van der Waals surface area (Å²) in [5.41, 5.74) is 1.37. The minimum absolute atomic E-state index is 0.0934. The molecule has 0 saturated heterocycles. The van der Waals surface area contributed by atoms with Gasteiger partial charge in [-0.1, -0.05) is 18.2 Å². The molecule has 3 rings (SSSR count). The van der Waals surface area contributed by atoms with E-state index in [2.05, 4.69) is 15.4 Å². The number of fused-ring (bicyclic) bond motifs is 1. The summed E-state index contributed by atoms with van der Waals surface area (Å²) in [4.78, 5) is 26.3. The number of nitro groups is 1. The Labute approximate surface area is 130 Å². The molecule has 2 aromatic heterocycles. The van der Waals surface area contributed by atoms with E-state index in [1.165, 1.54) is 10.9 Å². The number of pyridine rings is 1. The minimum Gasteiger partial charge on any atom is -0.325 e. The van der Waals surface area contributed by atoms with Crippen LogP contribution in [0.2, 0.25) is 0 Å². The largest absolute Gasteiger partial charge is 0.325 e. The molecule has 0 saturated carbocycles. The molecule has 3 aromatic rings. The fourth-order valence-electron chi connectivity index (χ4n) is 2.15. The van der Waals surface area contributed by atoms with Crippen LogP contribution < -0.4 is 5.32 Å². The zero-order chi connectivity index (χ0) is 16.2. The highest BCUT2D eigenvalue weighted by molar-refractivity contribution is 5.93. The van der Waals surface area contributed by atoms with Crippen molar-refractivity contribution in [2.24, 2.45) is 0 Å². The van der Waals surface area contributed by atoms with Crippen molar-refractivity contribution in [1.82, 2.24) is 14.8 Å². The van der Waals surface area contributed by atoms with Crippen molar-refractivity contribution >= 4 is 28.2 Å². The lowest BCUT2D eigenvalue weighted by atomic mass is 10.2. The summed E-state index contributed by atoms with van der Waals surface area (Å²) >= 11 is 0. The van der Waals surface area contributed by atoms with Crippen LogP contribution >= 0.6 is 0 Å². The molecule has 0 atom stereocenters. The van der Waals surface area contributed by atoms with Gasteiger partial charge in [0.15, 0.2) is 0 Å². The second-order valence-electron chi connectivity index (χ2n) is 4.93. The maximum Gasteiger partial charge on any atom is 0.306 e. The maximum atomic E-state index is 11.9. The van der Waals surface area contributed by atoms with Crippen molar-refractivity contribution in [3.63, 3.8) is 0 Å². The number of para-hydroxylation sites is 1. The summed E-state index contributed by atoms with van der Waals surface area (Å²) in [6.07, 6.45) is 4.21. The molecule has 1 aromatic carbocycles. The van der Waals surface area contributed by atoms with Gasteiger partial charge in [0.2, 0.25) is 5.91 Å². The molecule has 2 heterocycles. The van der Waals surface area contributed by atoms with Crippen LogP contribution in [0.5, 0.6) is 0 Å². The fourth-order valence-corrected chi connectivity index (χ4v) is 2.15. The van der Waals surface area contributed by atoms with Crippen LogP contribution in [0.3, 0.4) is 0 Å². The van der Waals surface area contributed by atoms with E-state index < -0.39 is 4.92 Å². The highest BCUT2D eigenvalue weighted by Gasteiger charge is 2.10. The van der Waals surface area contributed by atoms with Crippen LogP contribution in [0, 0.1) is 10.1 Å². The third kappa shape index (κ3) is 3.49. The molecule has 0 fully saturated rings. The first kappa shape index (κ1) is 14.6. The number of amides is 1. The van der Waals surface area contributed by atoms with Crippen LogP contribution in [0.4, 0.5) is 11.4 Å². The first-order chi connectivity index (χ1) is 11.1. The molecule has 0 aliphatic rings. The molecular formula is C15H13N5O3.